The molecule has 1 heterocycles. The Kier molecular flexibility index (Phi) is 6.49. The van der Waals surface area contributed by atoms with Crippen molar-refractivity contribution in [3.05, 3.63) is 51.5 Å². The van der Waals surface area contributed by atoms with Crippen LogP contribution in [0.15, 0.2) is 23.6 Å². The lowest BCUT2D eigenvalue weighted by atomic mass is 10.2. The Labute approximate surface area is 141 Å². The Morgan fingerprint density at radius 2 is 2.22 bits per heavy atom. The van der Waals surface area contributed by atoms with E-state index in [0.717, 1.165) is 29.3 Å². The summed E-state index contributed by atoms with van der Waals surface area (Å²) in [7, 11) is 0. The van der Waals surface area contributed by atoms with Gasteiger partial charge in [-0.2, -0.15) is 11.8 Å². The standard InChI is InChI=1S/C15H17F2N3OS2/c1-22-5-4-12(18)15-20-13(8-23-15)14(21)19-7-9-2-3-10(16)11(17)6-9/h2-3,6,8,12H,4-5,7,18H2,1H3,(H,19,21). The van der Waals surface area contributed by atoms with Crippen LogP contribution in [0.2, 0.25) is 0 Å². The van der Waals surface area contributed by atoms with Crippen LogP contribution in [0.3, 0.4) is 0 Å². The Bertz CT molecular complexity index is 678. The van der Waals surface area contributed by atoms with Crippen LogP contribution in [0, 0.1) is 11.6 Å². The molecule has 8 heteroatoms. The molecule has 1 atom stereocenters. The van der Waals surface area contributed by atoms with Crippen molar-refractivity contribution in [2.24, 2.45) is 5.73 Å². The number of thioether (sulfide) groups is 1. The predicted octanol–water partition coefficient (Wildman–Crippen LogP) is 3.10. The number of halogens is 2. The highest BCUT2D eigenvalue weighted by atomic mass is 32.2. The van der Waals surface area contributed by atoms with Gasteiger partial charge in [0.1, 0.15) is 10.7 Å². The second-order valence-corrected chi connectivity index (χ2v) is 6.77. The van der Waals surface area contributed by atoms with Crippen molar-refractivity contribution in [2.75, 3.05) is 12.0 Å². The minimum Gasteiger partial charge on any atom is -0.347 e. The summed E-state index contributed by atoms with van der Waals surface area (Å²) in [6.07, 6.45) is 2.80. The SMILES string of the molecule is CSCCC(N)c1nc(C(=O)NCc2ccc(F)c(F)c2)cs1. The maximum absolute atomic E-state index is 13.1. The van der Waals surface area contributed by atoms with Crippen LogP contribution < -0.4 is 11.1 Å². The van der Waals surface area contributed by atoms with Crippen LogP contribution in [0.1, 0.15) is 33.5 Å². The van der Waals surface area contributed by atoms with Gasteiger partial charge in [0.25, 0.3) is 5.91 Å². The molecule has 4 nitrogen and oxygen atoms in total. The molecular formula is C15H17F2N3OS2. The van der Waals surface area contributed by atoms with Crippen molar-refractivity contribution in [2.45, 2.75) is 19.0 Å². The zero-order valence-electron chi connectivity index (χ0n) is 12.5. The Morgan fingerprint density at radius 3 is 2.91 bits per heavy atom. The summed E-state index contributed by atoms with van der Waals surface area (Å²) >= 11 is 3.05. The third-order valence-corrected chi connectivity index (χ3v) is 4.76. The Balaban J connectivity index is 1.93. The first-order chi connectivity index (χ1) is 11.0. The number of carbonyl (C=O) groups excluding carboxylic acids is 1. The van der Waals surface area contributed by atoms with Gasteiger partial charge in [-0.25, -0.2) is 13.8 Å². The third kappa shape index (κ3) is 4.98. The molecule has 124 valence electrons. The number of rotatable bonds is 7. The van der Waals surface area contributed by atoms with E-state index in [1.807, 2.05) is 6.26 Å². The van der Waals surface area contributed by atoms with Crippen LogP contribution in [0.5, 0.6) is 0 Å². The minimum atomic E-state index is -0.938. The summed E-state index contributed by atoms with van der Waals surface area (Å²) in [6, 6.07) is 3.33. The zero-order valence-corrected chi connectivity index (χ0v) is 14.1. The lowest BCUT2D eigenvalue weighted by Crippen LogP contribution is -2.23. The van der Waals surface area contributed by atoms with E-state index in [9.17, 15) is 13.6 Å². The van der Waals surface area contributed by atoms with E-state index in [4.69, 9.17) is 5.73 Å². The molecule has 0 bridgehead atoms. The number of aromatic nitrogens is 1. The summed E-state index contributed by atoms with van der Waals surface area (Å²) in [6.45, 7) is 0.0986. The largest absolute Gasteiger partial charge is 0.347 e. The number of amides is 1. The van der Waals surface area contributed by atoms with Crippen LogP contribution in [0.4, 0.5) is 8.78 Å². The van der Waals surface area contributed by atoms with E-state index < -0.39 is 11.6 Å². The van der Waals surface area contributed by atoms with Gasteiger partial charge in [0.2, 0.25) is 0 Å². The maximum Gasteiger partial charge on any atom is 0.271 e. The monoisotopic (exact) mass is 357 g/mol. The van der Waals surface area contributed by atoms with E-state index in [2.05, 4.69) is 10.3 Å². The molecule has 0 aliphatic rings. The number of nitrogens with one attached hydrogen (secondary N) is 1. The predicted molar refractivity (Wildman–Crippen MR) is 89.6 cm³/mol. The fourth-order valence-electron chi connectivity index (χ4n) is 1.85. The molecule has 23 heavy (non-hydrogen) atoms. The molecule has 2 aromatic rings. The molecular weight excluding hydrogens is 340 g/mol. The van der Waals surface area contributed by atoms with Gasteiger partial charge in [-0.05, 0) is 36.1 Å². The molecule has 0 aliphatic heterocycles. The van der Waals surface area contributed by atoms with Crippen molar-refractivity contribution >= 4 is 29.0 Å². The summed E-state index contributed by atoms with van der Waals surface area (Å²) in [5.41, 5.74) is 6.78. The van der Waals surface area contributed by atoms with E-state index in [-0.39, 0.29) is 24.2 Å². The van der Waals surface area contributed by atoms with Crippen LogP contribution in [-0.4, -0.2) is 22.9 Å². The number of thiazole rings is 1. The van der Waals surface area contributed by atoms with E-state index in [1.165, 1.54) is 17.4 Å². The first-order valence-corrected chi connectivity index (χ1v) is 9.20. The van der Waals surface area contributed by atoms with Crippen LogP contribution in [-0.2, 0) is 6.54 Å². The van der Waals surface area contributed by atoms with Gasteiger partial charge in [-0.15, -0.1) is 11.3 Å². The number of nitrogens with zero attached hydrogens (tertiary/aromatic N) is 1. The normalized spacial score (nSPS) is 12.2. The van der Waals surface area contributed by atoms with Crippen LogP contribution >= 0.6 is 23.1 Å². The Hall–Kier alpha value is -1.51. The van der Waals surface area contributed by atoms with Gasteiger partial charge in [0.15, 0.2) is 11.6 Å². The molecule has 1 unspecified atom stereocenters. The van der Waals surface area contributed by atoms with E-state index in [0.29, 0.717) is 5.56 Å². The minimum absolute atomic E-state index is 0.0986. The zero-order chi connectivity index (χ0) is 16.8. The van der Waals surface area contributed by atoms with Gasteiger partial charge >= 0.3 is 0 Å². The first kappa shape index (κ1) is 17.8. The molecule has 0 aliphatic carbocycles. The second-order valence-electron chi connectivity index (χ2n) is 4.89. The average Bonchev–Trinajstić information content (AvgIpc) is 3.03. The van der Waals surface area contributed by atoms with Gasteiger partial charge in [0.05, 0.1) is 6.04 Å². The number of hydrogen-bond acceptors (Lipinski definition) is 5. The maximum atomic E-state index is 13.1. The third-order valence-electron chi connectivity index (χ3n) is 3.14. The topological polar surface area (TPSA) is 68.0 Å². The number of carbonyl (C=O) groups is 1. The second kappa shape index (κ2) is 8.37. The number of hydrogen-bond donors (Lipinski definition) is 2. The van der Waals surface area contributed by atoms with Crippen molar-refractivity contribution in [3.8, 4) is 0 Å². The highest BCUT2D eigenvalue weighted by Gasteiger charge is 2.15. The highest BCUT2D eigenvalue weighted by Crippen LogP contribution is 2.20. The van der Waals surface area contributed by atoms with Gasteiger partial charge in [0, 0.05) is 11.9 Å². The average molecular weight is 357 g/mol. The fourth-order valence-corrected chi connectivity index (χ4v) is 3.18. The van der Waals surface area contributed by atoms with Gasteiger partial charge in [-0.1, -0.05) is 6.07 Å². The molecule has 0 radical (unpaired) electrons. The molecule has 2 rings (SSSR count). The quantitative estimate of drug-likeness (QED) is 0.799. The summed E-state index contributed by atoms with van der Waals surface area (Å²) in [5.74, 6) is -1.29. The Morgan fingerprint density at radius 1 is 1.43 bits per heavy atom. The molecule has 3 N–H and O–H groups in total. The summed E-state index contributed by atoms with van der Waals surface area (Å²) in [5, 5.41) is 5.00. The van der Waals surface area contributed by atoms with Gasteiger partial charge in [-0.3, -0.25) is 4.79 Å². The van der Waals surface area contributed by atoms with E-state index in [1.54, 1.807) is 17.1 Å². The van der Waals surface area contributed by atoms with Crippen molar-refractivity contribution in [1.29, 1.82) is 0 Å². The molecule has 0 fully saturated rings. The fraction of sp³-hybridized carbons (Fsp3) is 0.333. The molecule has 0 spiro atoms. The lowest BCUT2D eigenvalue weighted by Gasteiger charge is -2.06. The number of nitrogens with two attached hydrogens (primary N) is 1. The smallest absolute Gasteiger partial charge is 0.271 e. The number of benzene rings is 1. The first-order valence-electron chi connectivity index (χ1n) is 6.93. The summed E-state index contributed by atoms with van der Waals surface area (Å²) < 4.78 is 26.0. The molecule has 0 saturated heterocycles. The van der Waals surface area contributed by atoms with Gasteiger partial charge < -0.3 is 11.1 Å². The van der Waals surface area contributed by atoms with Crippen molar-refractivity contribution in [3.63, 3.8) is 0 Å². The molecule has 1 amide bonds. The van der Waals surface area contributed by atoms with Crippen molar-refractivity contribution < 1.29 is 13.6 Å². The van der Waals surface area contributed by atoms with E-state index >= 15 is 0 Å². The highest BCUT2D eigenvalue weighted by molar-refractivity contribution is 7.98. The molecule has 1 aromatic carbocycles. The van der Waals surface area contributed by atoms with Crippen LogP contribution in [0.25, 0.3) is 0 Å². The molecule has 1 aromatic heterocycles. The lowest BCUT2D eigenvalue weighted by molar-refractivity contribution is 0.0946. The summed E-state index contributed by atoms with van der Waals surface area (Å²) in [4.78, 5) is 16.3. The van der Waals surface area contributed by atoms with Crippen molar-refractivity contribution in [1.82, 2.24) is 10.3 Å². The molecule has 0 saturated carbocycles.